The van der Waals surface area contributed by atoms with E-state index < -0.39 is 11.7 Å². The summed E-state index contributed by atoms with van der Waals surface area (Å²) in [5.41, 5.74) is -0.527. The predicted octanol–water partition coefficient (Wildman–Crippen LogP) is 4.08. The molecule has 0 spiro atoms. The van der Waals surface area contributed by atoms with Crippen LogP contribution in [-0.4, -0.2) is 29.7 Å². The molecule has 7 heteroatoms. The summed E-state index contributed by atoms with van der Waals surface area (Å²) in [5.74, 6) is -0.0939. The maximum atomic E-state index is 12.3. The van der Waals surface area contributed by atoms with E-state index in [0.717, 1.165) is 30.2 Å². The average molecular weight is 403 g/mol. The summed E-state index contributed by atoms with van der Waals surface area (Å²) >= 11 is 4.75. The predicted molar refractivity (Wildman–Crippen MR) is 94.9 cm³/mol. The third kappa shape index (κ3) is 5.80. The number of alkyl carbamates (subject to hydrolysis) is 1. The molecule has 1 saturated carbocycles. The summed E-state index contributed by atoms with van der Waals surface area (Å²) in [6, 6.07) is 1.65. The molecular formula is C16H23BrN2O3S. The highest BCUT2D eigenvalue weighted by Gasteiger charge is 2.29. The van der Waals surface area contributed by atoms with Crippen molar-refractivity contribution >= 4 is 39.3 Å². The van der Waals surface area contributed by atoms with Crippen molar-refractivity contribution in [2.75, 3.05) is 0 Å². The molecule has 0 unspecified atom stereocenters. The van der Waals surface area contributed by atoms with E-state index in [1.165, 1.54) is 11.3 Å². The summed E-state index contributed by atoms with van der Waals surface area (Å²) in [6.45, 7) is 5.50. The number of rotatable bonds is 3. The Bertz CT molecular complexity index is 568. The Morgan fingerprint density at radius 3 is 2.35 bits per heavy atom. The Morgan fingerprint density at radius 2 is 1.83 bits per heavy atom. The number of carbonyl (C=O) groups excluding carboxylic acids is 2. The molecule has 1 aromatic rings. The maximum absolute atomic E-state index is 12.3. The van der Waals surface area contributed by atoms with Crippen LogP contribution in [0, 0.1) is 0 Å². The van der Waals surface area contributed by atoms with Crippen molar-refractivity contribution in [1.82, 2.24) is 10.6 Å². The molecule has 2 rings (SSSR count). The fraction of sp³-hybridized carbons (Fsp3) is 0.625. The van der Waals surface area contributed by atoms with Gasteiger partial charge in [-0.25, -0.2) is 4.79 Å². The summed E-state index contributed by atoms with van der Waals surface area (Å²) in [5, 5.41) is 7.83. The second kappa shape index (κ2) is 7.66. The molecule has 0 saturated heterocycles. The number of hydrogen-bond donors (Lipinski definition) is 2. The van der Waals surface area contributed by atoms with Crippen molar-refractivity contribution in [1.29, 1.82) is 0 Å². The highest BCUT2D eigenvalue weighted by Crippen LogP contribution is 2.22. The van der Waals surface area contributed by atoms with Crippen molar-refractivity contribution < 1.29 is 14.3 Å². The van der Waals surface area contributed by atoms with Crippen LogP contribution in [0.3, 0.4) is 0 Å². The summed E-state index contributed by atoms with van der Waals surface area (Å²) in [6.07, 6.45) is 3.36. The van der Waals surface area contributed by atoms with Gasteiger partial charge >= 0.3 is 6.09 Å². The third-order valence-corrected chi connectivity index (χ3v) is 5.27. The second-order valence-electron chi connectivity index (χ2n) is 6.75. The van der Waals surface area contributed by atoms with Crippen LogP contribution < -0.4 is 10.6 Å². The van der Waals surface area contributed by atoms with Gasteiger partial charge in [-0.1, -0.05) is 12.8 Å². The highest BCUT2D eigenvalue weighted by molar-refractivity contribution is 9.10. The molecule has 0 aliphatic heterocycles. The molecule has 128 valence electrons. The molecule has 23 heavy (non-hydrogen) atoms. The lowest BCUT2D eigenvalue weighted by Gasteiger charge is -2.33. The number of carbonyl (C=O) groups is 2. The lowest BCUT2D eigenvalue weighted by atomic mass is 9.90. The van der Waals surface area contributed by atoms with E-state index in [-0.39, 0.29) is 18.0 Å². The van der Waals surface area contributed by atoms with Crippen LogP contribution in [0.2, 0.25) is 0 Å². The van der Waals surface area contributed by atoms with E-state index in [1.807, 2.05) is 26.2 Å². The van der Waals surface area contributed by atoms with Crippen molar-refractivity contribution in [3.05, 3.63) is 20.8 Å². The largest absolute Gasteiger partial charge is 0.444 e. The van der Waals surface area contributed by atoms with Crippen molar-refractivity contribution in [2.45, 2.75) is 64.1 Å². The Labute approximate surface area is 149 Å². The minimum atomic E-state index is -0.527. The molecule has 1 heterocycles. The van der Waals surface area contributed by atoms with Gasteiger partial charge in [0.15, 0.2) is 0 Å². The van der Waals surface area contributed by atoms with Gasteiger partial charge < -0.3 is 15.4 Å². The van der Waals surface area contributed by atoms with Gasteiger partial charge in [0.25, 0.3) is 5.91 Å². The minimum absolute atomic E-state index is 0.0651. The molecule has 2 atom stereocenters. The zero-order valence-corrected chi connectivity index (χ0v) is 16.1. The Kier molecular flexibility index (Phi) is 6.08. The maximum Gasteiger partial charge on any atom is 0.407 e. The van der Waals surface area contributed by atoms with E-state index in [9.17, 15) is 9.59 Å². The first kappa shape index (κ1) is 18.3. The van der Waals surface area contributed by atoms with Gasteiger partial charge in [-0.05, 0) is 55.6 Å². The standard InChI is InChI=1S/C16H23BrN2O3S/c1-16(2,3)22-15(21)19-12-7-5-4-6-11(12)18-14(20)13-8-10(17)9-23-13/h8-9,11-12H,4-7H2,1-3H3,(H,18,20)(H,19,21)/t11-,12+/m1/s1. The first-order valence-corrected chi connectivity index (χ1v) is 9.46. The fourth-order valence-electron chi connectivity index (χ4n) is 2.61. The average Bonchev–Trinajstić information content (AvgIpc) is 2.85. The summed E-state index contributed by atoms with van der Waals surface area (Å²) < 4.78 is 6.22. The number of halogens is 1. The summed E-state index contributed by atoms with van der Waals surface area (Å²) in [4.78, 5) is 25.0. The van der Waals surface area contributed by atoms with Gasteiger partial charge in [0.1, 0.15) is 5.60 Å². The number of hydrogen-bond acceptors (Lipinski definition) is 4. The van der Waals surface area contributed by atoms with Gasteiger partial charge in [0.05, 0.1) is 10.9 Å². The van der Waals surface area contributed by atoms with Crippen LogP contribution in [-0.2, 0) is 4.74 Å². The Morgan fingerprint density at radius 1 is 1.22 bits per heavy atom. The molecule has 1 aromatic heterocycles. The van der Waals surface area contributed by atoms with Crippen molar-refractivity contribution in [3.63, 3.8) is 0 Å². The fourth-order valence-corrected chi connectivity index (χ4v) is 3.94. The van der Waals surface area contributed by atoms with Crippen LogP contribution >= 0.6 is 27.3 Å². The molecule has 1 fully saturated rings. The zero-order valence-electron chi connectivity index (χ0n) is 13.6. The molecular weight excluding hydrogens is 380 g/mol. The Balaban J connectivity index is 1.95. The van der Waals surface area contributed by atoms with E-state index in [1.54, 1.807) is 6.07 Å². The molecule has 0 bridgehead atoms. The second-order valence-corrected chi connectivity index (χ2v) is 8.57. The van der Waals surface area contributed by atoms with Crippen LogP contribution in [0.4, 0.5) is 4.79 Å². The molecule has 1 aliphatic carbocycles. The van der Waals surface area contributed by atoms with Crippen molar-refractivity contribution in [2.24, 2.45) is 0 Å². The van der Waals surface area contributed by atoms with E-state index in [4.69, 9.17) is 4.74 Å². The SMILES string of the molecule is CC(C)(C)OC(=O)N[C@H]1CCCC[C@H]1NC(=O)c1cc(Br)cs1. The highest BCUT2D eigenvalue weighted by atomic mass is 79.9. The van der Waals surface area contributed by atoms with E-state index >= 15 is 0 Å². The molecule has 0 aromatic carbocycles. The monoisotopic (exact) mass is 402 g/mol. The molecule has 0 radical (unpaired) electrons. The first-order chi connectivity index (χ1) is 10.7. The van der Waals surface area contributed by atoms with Gasteiger partial charge in [-0.2, -0.15) is 0 Å². The van der Waals surface area contributed by atoms with Crippen molar-refractivity contribution in [3.8, 4) is 0 Å². The third-order valence-electron chi connectivity index (χ3n) is 3.58. The van der Waals surface area contributed by atoms with Crippen LogP contribution in [0.25, 0.3) is 0 Å². The smallest absolute Gasteiger partial charge is 0.407 e. The van der Waals surface area contributed by atoms with Gasteiger partial charge in [-0.3, -0.25) is 4.79 Å². The van der Waals surface area contributed by atoms with E-state index in [2.05, 4.69) is 26.6 Å². The zero-order chi connectivity index (χ0) is 17.0. The number of thiophene rings is 1. The number of ether oxygens (including phenoxy) is 1. The number of nitrogens with one attached hydrogen (secondary N) is 2. The van der Waals surface area contributed by atoms with Crippen LogP contribution in [0.1, 0.15) is 56.1 Å². The Hall–Kier alpha value is -1.08. The quantitative estimate of drug-likeness (QED) is 0.800. The normalized spacial score (nSPS) is 21.6. The lowest BCUT2D eigenvalue weighted by molar-refractivity contribution is 0.0475. The van der Waals surface area contributed by atoms with E-state index in [0.29, 0.717) is 4.88 Å². The summed E-state index contributed by atoms with van der Waals surface area (Å²) in [7, 11) is 0. The van der Waals surface area contributed by atoms with Gasteiger partial charge in [0.2, 0.25) is 0 Å². The molecule has 2 N–H and O–H groups in total. The molecule has 5 nitrogen and oxygen atoms in total. The van der Waals surface area contributed by atoms with Crippen LogP contribution in [0.5, 0.6) is 0 Å². The molecule has 1 aliphatic rings. The number of amides is 2. The van der Waals surface area contributed by atoms with Gasteiger partial charge in [0, 0.05) is 15.9 Å². The van der Waals surface area contributed by atoms with Gasteiger partial charge in [-0.15, -0.1) is 11.3 Å². The van der Waals surface area contributed by atoms with Crippen LogP contribution in [0.15, 0.2) is 15.9 Å². The minimum Gasteiger partial charge on any atom is -0.444 e. The molecule has 2 amide bonds. The first-order valence-electron chi connectivity index (χ1n) is 7.79. The topological polar surface area (TPSA) is 67.4 Å². The lowest BCUT2D eigenvalue weighted by Crippen LogP contribution is -2.53.